The normalized spacial score (nSPS) is 19.5. The van der Waals surface area contributed by atoms with E-state index in [-0.39, 0.29) is 30.2 Å². The Hall–Kier alpha value is -2.41. The third-order valence-electron chi connectivity index (χ3n) is 5.34. The fraction of sp³-hybridized carbons (Fsp3) is 0.526. The summed E-state index contributed by atoms with van der Waals surface area (Å²) in [5.41, 5.74) is 7.71. The number of nitrogens with zero attached hydrogens (tertiary/aromatic N) is 1. The van der Waals surface area contributed by atoms with Gasteiger partial charge in [-0.1, -0.05) is 6.07 Å². The Morgan fingerprint density at radius 3 is 2.62 bits per heavy atom. The van der Waals surface area contributed by atoms with Crippen molar-refractivity contribution in [3.8, 4) is 0 Å². The van der Waals surface area contributed by atoms with E-state index in [2.05, 4.69) is 10.6 Å². The number of nitrogens with two attached hydrogens (primary N) is 1. The summed E-state index contributed by atoms with van der Waals surface area (Å²) >= 11 is 0. The molecule has 2 aliphatic heterocycles. The largest absolute Gasteiger partial charge is 0.349 e. The third kappa shape index (κ3) is 3.72. The molecule has 0 spiro atoms. The molecule has 1 saturated heterocycles. The second-order valence-corrected chi connectivity index (χ2v) is 7.27. The lowest BCUT2D eigenvalue weighted by Crippen LogP contribution is -2.49. The highest BCUT2D eigenvalue weighted by Crippen LogP contribution is 2.27. The van der Waals surface area contributed by atoms with Crippen molar-refractivity contribution < 1.29 is 14.4 Å². The summed E-state index contributed by atoms with van der Waals surface area (Å²) in [5, 5.41) is 5.84. The maximum atomic E-state index is 12.7. The summed E-state index contributed by atoms with van der Waals surface area (Å²) in [6, 6.07) is 4.87. The van der Waals surface area contributed by atoms with Crippen LogP contribution in [0.2, 0.25) is 0 Å². The smallest absolute Gasteiger partial charge is 0.251 e. The zero-order valence-corrected chi connectivity index (χ0v) is 15.2. The van der Waals surface area contributed by atoms with E-state index in [1.165, 1.54) is 0 Å². The van der Waals surface area contributed by atoms with Gasteiger partial charge in [0.15, 0.2) is 0 Å². The number of hydrogen-bond donors (Lipinski definition) is 3. The molecule has 0 aromatic heterocycles. The van der Waals surface area contributed by atoms with Gasteiger partial charge < -0.3 is 21.3 Å². The molecule has 0 radical (unpaired) electrons. The van der Waals surface area contributed by atoms with Crippen LogP contribution in [-0.2, 0) is 16.0 Å². The Kier molecular flexibility index (Phi) is 5.27. The highest BCUT2D eigenvalue weighted by atomic mass is 16.2. The molecule has 3 amide bonds. The van der Waals surface area contributed by atoms with E-state index in [4.69, 9.17) is 5.73 Å². The van der Waals surface area contributed by atoms with Crippen molar-refractivity contribution in [1.29, 1.82) is 0 Å². The number of carbonyl (C=O) groups excluding carboxylic acids is 3. The summed E-state index contributed by atoms with van der Waals surface area (Å²) in [6.07, 6.45) is 1.92. The lowest BCUT2D eigenvalue weighted by molar-refractivity contribution is -0.133. The van der Waals surface area contributed by atoms with Gasteiger partial charge in [-0.25, -0.2) is 0 Å². The summed E-state index contributed by atoms with van der Waals surface area (Å²) < 4.78 is 0. The number of piperidine rings is 1. The summed E-state index contributed by atoms with van der Waals surface area (Å²) in [4.78, 5) is 38.1. The molecule has 7 heteroatoms. The molecular weight excluding hydrogens is 332 g/mol. The van der Waals surface area contributed by atoms with Crippen molar-refractivity contribution in [3.63, 3.8) is 0 Å². The Morgan fingerprint density at radius 2 is 1.96 bits per heavy atom. The first-order chi connectivity index (χ1) is 12.4. The minimum Gasteiger partial charge on any atom is -0.349 e. The molecule has 1 aromatic carbocycles. The molecular formula is C19H26N4O3. The quantitative estimate of drug-likeness (QED) is 0.743. The number of amides is 3. The molecule has 0 aliphatic carbocycles. The molecule has 140 valence electrons. The van der Waals surface area contributed by atoms with Gasteiger partial charge in [0.2, 0.25) is 11.8 Å². The van der Waals surface area contributed by atoms with Crippen LogP contribution in [0.1, 0.15) is 42.6 Å². The number of likely N-dealkylation sites (tertiary alicyclic amines) is 1. The van der Waals surface area contributed by atoms with Gasteiger partial charge in [0.1, 0.15) is 0 Å². The van der Waals surface area contributed by atoms with Crippen LogP contribution in [0, 0.1) is 5.92 Å². The van der Waals surface area contributed by atoms with Crippen LogP contribution in [0.3, 0.4) is 0 Å². The number of benzene rings is 1. The number of rotatable bonds is 4. The molecule has 1 unspecified atom stereocenters. The lowest BCUT2D eigenvalue weighted by Gasteiger charge is -2.35. The van der Waals surface area contributed by atoms with Crippen LogP contribution >= 0.6 is 0 Å². The molecule has 0 saturated carbocycles. The van der Waals surface area contributed by atoms with Crippen LogP contribution in [0.25, 0.3) is 0 Å². The zero-order chi connectivity index (χ0) is 18.8. The summed E-state index contributed by atoms with van der Waals surface area (Å²) in [7, 11) is 0. The van der Waals surface area contributed by atoms with Gasteiger partial charge in [0, 0.05) is 30.4 Å². The molecule has 1 fully saturated rings. The first kappa shape index (κ1) is 18.4. The second-order valence-electron chi connectivity index (χ2n) is 7.27. The first-order valence-electron chi connectivity index (χ1n) is 9.13. The average molecular weight is 358 g/mol. The van der Waals surface area contributed by atoms with E-state index in [0.29, 0.717) is 24.6 Å². The second kappa shape index (κ2) is 7.45. The third-order valence-corrected chi connectivity index (χ3v) is 5.34. The van der Waals surface area contributed by atoms with E-state index in [0.717, 1.165) is 24.1 Å². The zero-order valence-electron chi connectivity index (χ0n) is 15.2. The van der Waals surface area contributed by atoms with E-state index >= 15 is 0 Å². The first-order valence-corrected chi connectivity index (χ1v) is 9.13. The summed E-state index contributed by atoms with van der Waals surface area (Å²) in [6.45, 7) is 5.04. The monoisotopic (exact) mass is 358 g/mol. The van der Waals surface area contributed by atoms with Crippen molar-refractivity contribution >= 4 is 23.4 Å². The van der Waals surface area contributed by atoms with Gasteiger partial charge >= 0.3 is 0 Å². The van der Waals surface area contributed by atoms with Gasteiger partial charge in [-0.15, -0.1) is 0 Å². The van der Waals surface area contributed by atoms with E-state index in [9.17, 15) is 14.4 Å². The topological polar surface area (TPSA) is 105 Å². The Bertz CT molecular complexity index is 723. The Morgan fingerprint density at radius 1 is 1.27 bits per heavy atom. The molecule has 7 nitrogen and oxygen atoms in total. The van der Waals surface area contributed by atoms with Gasteiger partial charge in [0.25, 0.3) is 5.91 Å². The number of hydrogen-bond acceptors (Lipinski definition) is 4. The van der Waals surface area contributed by atoms with Crippen molar-refractivity contribution in [2.24, 2.45) is 11.7 Å². The fourth-order valence-electron chi connectivity index (χ4n) is 3.77. The van der Waals surface area contributed by atoms with Gasteiger partial charge in [-0.2, -0.15) is 0 Å². The van der Waals surface area contributed by atoms with Gasteiger partial charge in [-0.3, -0.25) is 14.4 Å². The van der Waals surface area contributed by atoms with Crippen LogP contribution in [0.4, 0.5) is 5.69 Å². The van der Waals surface area contributed by atoms with Crippen LogP contribution in [0.15, 0.2) is 18.2 Å². The molecule has 0 bridgehead atoms. The Labute approximate surface area is 153 Å². The van der Waals surface area contributed by atoms with Crippen LogP contribution < -0.4 is 16.4 Å². The average Bonchev–Trinajstić information content (AvgIpc) is 3.00. The number of fused-ring (bicyclic) bond motifs is 1. The van der Waals surface area contributed by atoms with E-state index in [1.54, 1.807) is 24.0 Å². The van der Waals surface area contributed by atoms with Crippen LogP contribution in [-0.4, -0.2) is 47.8 Å². The molecule has 4 N–H and O–H groups in total. The van der Waals surface area contributed by atoms with E-state index < -0.39 is 6.04 Å². The van der Waals surface area contributed by atoms with Crippen molar-refractivity contribution in [2.75, 3.05) is 18.4 Å². The minimum atomic E-state index is -0.472. The van der Waals surface area contributed by atoms with Gasteiger partial charge in [-0.05, 0) is 50.3 Å². The van der Waals surface area contributed by atoms with E-state index in [1.807, 2.05) is 13.0 Å². The molecule has 26 heavy (non-hydrogen) atoms. The molecule has 2 aliphatic rings. The fourth-order valence-corrected chi connectivity index (χ4v) is 3.77. The predicted molar refractivity (Wildman–Crippen MR) is 98.7 cm³/mol. The van der Waals surface area contributed by atoms with Crippen molar-refractivity contribution in [3.05, 3.63) is 29.3 Å². The molecule has 3 rings (SSSR count). The maximum Gasteiger partial charge on any atom is 0.251 e. The standard InChI is InChI=1S/C19H26N4O3/c1-11(20)19(26)23-8-6-13(7-9-23)12(2)21-18(25)14-4-3-5-16-15(14)10-17(24)22-16/h3-5,11-13H,6-10,20H2,1-2H3,(H,21,25)(H,22,24)/t11-,12?/m0/s1. The maximum absolute atomic E-state index is 12.7. The number of anilines is 1. The lowest BCUT2D eigenvalue weighted by atomic mass is 9.89. The highest BCUT2D eigenvalue weighted by Gasteiger charge is 2.29. The predicted octanol–water partition coefficient (Wildman–Crippen LogP) is 0.885. The number of carbonyl (C=O) groups is 3. The summed E-state index contributed by atoms with van der Waals surface area (Å²) in [5.74, 6) is 0.0594. The Balaban J connectivity index is 1.59. The highest BCUT2D eigenvalue weighted by molar-refractivity contribution is 6.05. The molecule has 1 aromatic rings. The molecule has 2 heterocycles. The minimum absolute atomic E-state index is 0.00373. The number of nitrogens with one attached hydrogen (secondary N) is 2. The van der Waals surface area contributed by atoms with Gasteiger partial charge in [0.05, 0.1) is 12.5 Å². The van der Waals surface area contributed by atoms with Crippen LogP contribution in [0.5, 0.6) is 0 Å². The SMILES string of the molecule is CC(NC(=O)c1cccc2c1CC(=O)N2)C1CCN(C(=O)[C@H](C)N)CC1. The molecule has 2 atom stereocenters. The van der Waals surface area contributed by atoms with Crippen molar-refractivity contribution in [2.45, 2.75) is 45.2 Å². The van der Waals surface area contributed by atoms with Crippen molar-refractivity contribution in [1.82, 2.24) is 10.2 Å².